The molecule has 2 aromatic rings. The molecule has 3 N–H and O–H groups in total. The Hall–Kier alpha value is -2.24. The van der Waals surface area contributed by atoms with Gasteiger partial charge in [0.2, 0.25) is 0 Å². The highest BCUT2D eigenvalue weighted by molar-refractivity contribution is 5.72. The number of benzene rings is 1. The highest BCUT2D eigenvalue weighted by atomic mass is 16.4. The van der Waals surface area contributed by atoms with Gasteiger partial charge in [0, 0.05) is 11.9 Å². The average Bonchev–Trinajstić information content (AvgIpc) is 2.59. The van der Waals surface area contributed by atoms with Crippen molar-refractivity contribution in [1.82, 2.24) is 4.98 Å². The molecule has 0 spiro atoms. The van der Waals surface area contributed by atoms with Crippen LogP contribution in [0.3, 0.4) is 0 Å². The van der Waals surface area contributed by atoms with Crippen molar-refractivity contribution in [2.24, 2.45) is 0 Å². The molecule has 0 radical (unpaired) electrons. The van der Waals surface area contributed by atoms with Crippen LogP contribution in [0.2, 0.25) is 0 Å². The molecule has 128 valence electrons. The molecule has 5 nitrogen and oxygen atoms in total. The smallest absolute Gasteiger partial charge is 0.335 e. The van der Waals surface area contributed by atoms with E-state index in [1.54, 1.807) is 6.20 Å². The number of aromatic nitrogens is 1. The summed E-state index contributed by atoms with van der Waals surface area (Å²) in [6, 6.07) is 12.1. The summed E-state index contributed by atoms with van der Waals surface area (Å²) in [5.41, 5.74) is 4.42. The molecule has 0 saturated heterocycles. The van der Waals surface area contributed by atoms with E-state index in [0.29, 0.717) is 6.42 Å². The van der Waals surface area contributed by atoms with Crippen LogP contribution in [0, 0.1) is 6.92 Å². The van der Waals surface area contributed by atoms with Crippen LogP contribution >= 0.6 is 0 Å². The van der Waals surface area contributed by atoms with Crippen molar-refractivity contribution in [2.75, 3.05) is 0 Å². The number of hydrogen-bond donors (Lipinski definition) is 3. The first-order valence-corrected chi connectivity index (χ1v) is 8.09. The molecule has 0 saturated carbocycles. The van der Waals surface area contributed by atoms with Crippen molar-refractivity contribution in [3.05, 3.63) is 53.9 Å². The first kappa shape index (κ1) is 18.1. The van der Waals surface area contributed by atoms with Crippen LogP contribution in [0.15, 0.2) is 42.6 Å². The van der Waals surface area contributed by atoms with Gasteiger partial charge in [0.05, 0.1) is 6.10 Å². The van der Waals surface area contributed by atoms with Crippen molar-refractivity contribution < 1.29 is 20.1 Å². The van der Waals surface area contributed by atoms with Gasteiger partial charge in [-0.25, -0.2) is 4.79 Å². The van der Waals surface area contributed by atoms with Gasteiger partial charge in [-0.1, -0.05) is 36.8 Å². The number of hydrogen-bond acceptors (Lipinski definition) is 4. The zero-order valence-corrected chi connectivity index (χ0v) is 13.7. The van der Waals surface area contributed by atoms with Crippen molar-refractivity contribution in [2.45, 2.75) is 44.8 Å². The van der Waals surface area contributed by atoms with Crippen LogP contribution in [0.5, 0.6) is 0 Å². The molecule has 1 aromatic heterocycles. The first-order chi connectivity index (χ1) is 11.5. The number of pyridine rings is 1. The lowest BCUT2D eigenvalue weighted by Gasteiger charge is -2.15. The van der Waals surface area contributed by atoms with Gasteiger partial charge < -0.3 is 15.3 Å². The number of carboxylic acid groups (broad SMARTS) is 1. The van der Waals surface area contributed by atoms with Gasteiger partial charge in [0.25, 0.3) is 0 Å². The summed E-state index contributed by atoms with van der Waals surface area (Å²) in [5, 5.41) is 27.6. The van der Waals surface area contributed by atoms with E-state index in [1.165, 1.54) is 0 Å². The number of aryl methyl sites for hydroxylation is 1. The zero-order chi connectivity index (χ0) is 17.5. The van der Waals surface area contributed by atoms with Crippen molar-refractivity contribution in [1.29, 1.82) is 0 Å². The standard InChI is InChI=1S/C19H23NO4/c1-13-15(9-5-6-10-17(21)18(22)19(23)24)16(11-12-20-13)14-7-3-2-4-8-14/h2-4,7-8,11-12,17-18,21-22H,5-6,9-10H2,1H3,(H,23,24)/t17?,18-/m1/s1. The second-order valence-electron chi connectivity index (χ2n) is 5.88. The Morgan fingerprint density at radius 3 is 2.50 bits per heavy atom. The van der Waals surface area contributed by atoms with E-state index in [1.807, 2.05) is 31.2 Å². The highest BCUT2D eigenvalue weighted by Gasteiger charge is 2.22. The molecule has 24 heavy (non-hydrogen) atoms. The molecule has 0 fully saturated rings. The maximum Gasteiger partial charge on any atom is 0.335 e. The van der Waals surface area contributed by atoms with Crippen LogP contribution in [0.25, 0.3) is 11.1 Å². The second-order valence-corrected chi connectivity index (χ2v) is 5.88. The molecule has 1 unspecified atom stereocenters. The van der Waals surface area contributed by atoms with Gasteiger partial charge in [-0.05, 0) is 48.9 Å². The predicted molar refractivity (Wildman–Crippen MR) is 91.6 cm³/mol. The van der Waals surface area contributed by atoms with Crippen molar-refractivity contribution >= 4 is 5.97 Å². The molecule has 0 aliphatic heterocycles. The predicted octanol–water partition coefficient (Wildman–Crippen LogP) is 2.58. The molecule has 5 heteroatoms. The molecule has 1 aromatic carbocycles. The summed E-state index contributed by atoms with van der Waals surface area (Å²) < 4.78 is 0. The zero-order valence-electron chi connectivity index (χ0n) is 13.7. The molecule has 0 aliphatic rings. The summed E-state index contributed by atoms with van der Waals surface area (Å²) in [6.45, 7) is 1.98. The minimum absolute atomic E-state index is 0.257. The fraction of sp³-hybridized carbons (Fsp3) is 0.368. The number of nitrogens with zero attached hydrogens (tertiary/aromatic N) is 1. The molecule has 0 amide bonds. The Labute approximate surface area is 141 Å². The number of aliphatic hydroxyl groups is 2. The molecule has 2 rings (SSSR count). The summed E-state index contributed by atoms with van der Waals surface area (Å²) in [5.74, 6) is -1.39. The van der Waals surface area contributed by atoms with E-state index in [2.05, 4.69) is 17.1 Å². The molecular formula is C19H23NO4. The topological polar surface area (TPSA) is 90.7 Å². The van der Waals surface area contributed by atoms with Gasteiger partial charge in [0.15, 0.2) is 6.10 Å². The summed E-state index contributed by atoms with van der Waals surface area (Å²) in [4.78, 5) is 15.0. The number of aliphatic carboxylic acids is 1. The van der Waals surface area contributed by atoms with Gasteiger partial charge in [-0.3, -0.25) is 4.98 Å². The van der Waals surface area contributed by atoms with Gasteiger partial charge in [-0.15, -0.1) is 0 Å². The molecule has 2 atom stereocenters. The van der Waals surface area contributed by atoms with E-state index in [9.17, 15) is 15.0 Å². The number of carboxylic acids is 1. The Balaban J connectivity index is 1.99. The fourth-order valence-corrected chi connectivity index (χ4v) is 2.78. The fourth-order valence-electron chi connectivity index (χ4n) is 2.78. The Bertz CT molecular complexity index is 672. The molecule has 0 bridgehead atoms. The van der Waals surface area contributed by atoms with Gasteiger partial charge in [-0.2, -0.15) is 0 Å². The number of aliphatic hydroxyl groups excluding tert-OH is 2. The quantitative estimate of drug-likeness (QED) is 0.648. The minimum Gasteiger partial charge on any atom is -0.479 e. The Kier molecular flexibility index (Phi) is 6.46. The van der Waals surface area contributed by atoms with E-state index in [4.69, 9.17) is 5.11 Å². The van der Waals surface area contributed by atoms with Crippen LogP contribution in [-0.4, -0.2) is 38.5 Å². The molecule has 0 aliphatic carbocycles. The van der Waals surface area contributed by atoms with Crippen LogP contribution in [0.1, 0.15) is 30.5 Å². The second kappa shape index (κ2) is 8.57. The average molecular weight is 329 g/mol. The summed E-state index contributed by atoms with van der Waals surface area (Å²) in [7, 11) is 0. The van der Waals surface area contributed by atoms with E-state index < -0.39 is 18.2 Å². The minimum atomic E-state index is -1.72. The first-order valence-electron chi connectivity index (χ1n) is 8.09. The maximum absolute atomic E-state index is 10.6. The summed E-state index contributed by atoms with van der Waals surface area (Å²) >= 11 is 0. The Morgan fingerprint density at radius 2 is 1.83 bits per heavy atom. The van der Waals surface area contributed by atoms with E-state index in [-0.39, 0.29) is 6.42 Å². The monoisotopic (exact) mass is 329 g/mol. The van der Waals surface area contributed by atoms with Gasteiger partial charge in [0.1, 0.15) is 0 Å². The normalized spacial score (nSPS) is 13.5. The number of unbranched alkanes of at least 4 members (excludes halogenated alkanes) is 1. The van der Waals surface area contributed by atoms with Crippen LogP contribution in [0.4, 0.5) is 0 Å². The van der Waals surface area contributed by atoms with E-state index >= 15 is 0 Å². The summed E-state index contributed by atoms with van der Waals surface area (Å²) in [6.07, 6.45) is 1.32. The molecule has 1 heterocycles. The van der Waals surface area contributed by atoms with E-state index in [0.717, 1.165) is 35.2 Å². The largest absolute Gasteiger partial charge is 0.479 e. The van der Waals surface area contributed by atoms with Crippen LogP contribution < -0.4 is 0 Å². The number of carbonyl (C=O) groups is 1. The van der Waals surface area contributed by atoms with Crippen LogP contribution in [-0.2, 0) is 11.2 Å². The Morgan fingerprint density at radius 1 is 1.12 bits per heavy atom. The third kappa shape index (κ3) is 4.63. The SMILES string of the molecule is Cc1nccc(-c2ccccc2)c1CCCCC(O)[C@@H](O)C(=O)O. The number of rotatable bonds is 8. The third-order valence-electron chi connectivity index (χ3n) is 4.15. The maximum atomic E-state index is 10.6. The van der Waals surface area contributed by atoms with Crippen molar-refractivity contribution in [3.8, 4) is 11.1 Å². The lowest BCUT2D eigenvalue weighted by Crippen LogP contribution is -2.33. The lowest BCUT2D eigenvalue weighted by molar-refractivity contribution is -0.153. The van der Waals surface area contributed by atoms with Crippen molar-refractivity contribution in [3.63, 3.8) is 0 Å². The highest BCUT2D eigenvalue weighted by Crippen LogP contribution is 2.26. The third-order valence-corrected chi connectivity index (χ3v) is 4.15. The van der Waals surface area contributed by atoms with Gasteiger partial charge >= 0.3 is 5.97 Å². The lowest BCUT2D eigenvalue weighted by atomic mass is 9.95. The molecular weight excluding hydrogens is 306 g/mol.